The van der Waals surface area contributed by atoms with E-state index in [2.05, 4.69) is 29.2 Å². The number of hydrogen-bond acceptors (Lipinski definition) is 5. The molecule has 1 unspecified atom stereocenters. The zero-order valence-electron chi connectivity index (χ0n) is 16.9. The number of methoxy groups -OCH3 is 1. The maximum absolute atomic E-state index is 10.00. The Labute approximate surface area is 171 Å². The molecule has 0 saturated carbocycles. The SMILES string of the molecule is CCOC(c1ccc2ccc(O)cc2c1)(c1ccccc1OC)N1CCOCC1. The van der Waals surface area contributed by atoms with Crippen LogP contribution in [0.2, 0.25) is 0 Å². The Hall–Kier alpha value is -2.60. The highest BCUT2D eigenvalue weighted by atomic mass is 16.5. The van der Waals surface area contributed by atoms with Gasteiger partial charge in [-0.15, -0.1) is 0 Å². The summed E-state index contributed by atoms with van der Waals surface area (Å²) in [6.07, 6.45) is 0. The van der Waals surface area contributed by atoms with Crippen LogP contribution < -0.4 is 4.74 Å². The molecule has 1 heterocycles. The van der Waals surface area contributed by atoms with Crippen molar-refractivity contribution in [1.82, 2.24) is 4.90 Å². The fourth-order valence-corrected chi connectivity index (χ4v) is 4.22. The molecule has 29 heavy (non-hydrogen) atoms. The lowest BCUT2D eigenvalue weighted by molar-refractivity contribution is -0.157. The zero-order chi connectivity index (χ0) is 20.3. The Bertz CT molecular complexity index is 984. The quantitative estimate of drug-likeness (QED) is 0.683. The molecule has 1 atom stereocenters. The highest BCUT2D eigenvalue weighted by Crippen LogP contribution is 2.43. The van der Waals surface area contributed by atoms with Gasteiger partial charge in [0.1, 0.15) is 11.5 Å². The summed E-state index contributed by atoms with van der Waals surface area (Å²) in [6.45, 7) is 5.34. The third-order valence-corrected chi connectivity index (χ3v) is 5.50. The first-order chi connectivity index (χ1) is 14.2. The fraction of sp³-hybridized carbons (Fsp3) is 0.333. The van der Waals surface area contributed by atoms with Crippen LogP contribution in [-0.2, 0) is 15.2 Å². The van der Waals surface area contributed by atoms with Crippen LogP contribution >= 0.6 is 0 Å². The summed E-state index contributed by atoms with van der Waals surface area (Å²) in [7, 11) is 1.69. The van der Waals surface area contributed by atoms with Crippen LogP contribution in [-0.4, -0.2) is 50.0 Å². The fourth-order valence-electron chi connectivity index (χ4n) is 4.22. The molecule has 0 spiro atoms. The first-order valence-corrected chi connectivity index (χ1v) is 10.0. The van der Waals surface area contributed by atoms with E-state index in [1.165, 1.54) is 0 Å². The van der Waals surface area contributed by atoms with E-state index in [0.29, 0.717) is 19.8 Å². The molecule has 0 aliphatic carbocycles. The van der Waals surface area contributed by atoms with Gasteiger partial charge in [-0.1, -0.05) is 36.4 Å². The molecule has 3 aromatic rings. The van der Waals surface area contributed by atoms with Crippen molar-refractivity contribution in [3.05, 3.63) is 71.8 Å². The van der Waals surface area contributed by atoms with Gasteiger partial charge in [-0.3, -0.25) is 4.90 Å². The molecule has 5 heteroatoms. The lowest BCUT2D eigenvalue weighted by Gasteiger charge is -2.46. The molecule has 0 bridgehead atoms. The van der Waals surface area contributed by atoms with Gasteiger partial charge in [0.15, 0.2) is 5.72 Å². The third-order valence-electron chi connectivity index (χ3n) is 5.50. The Morgan fingerprint density at radius 2 is 1.76 bits per heavy atom. The Balaban J connectivity index is 1.98. The molecule has 0 aromatic heterocycles. The number of phenols is 1. The molecule has 1 fully saturated rings. The monoisotopic (exact) mass is 393 g/mol. The van der Waals surface area contributed by atoms with Gasteiger partial charge in [0.05, 0.1) is 20.3 Å². The van der Waals surface area contributed by atoms with E-state index >= 15 is 0 Å². The summed E-state index contributed by atoms with van der Waals surface area (Å²) in [5.41, 5.74) is 1.15. The van der Waals surface area contributed by atoms with E-state index in [1.807, 2.05) is 31.2 Å². The van der Waals surface area contributed by atoms with Crippen molar-refractivity contribution in [3.63, 3.8) is 0 Å². The van der Waals surface area contributed by atoms with Crippen molar-refractivity contribution >= 4 is 10.8 Å². The van der Waals surface area contributed by atoms with E-state index in [4.69, 9.17) is 14.2 Å². The van der Waals surface area contributed by atoms with Crippen LogP contribution in [0.5, 0.6) is 11.5 Å². The van der Waals surface area contributed by atoms with E-state index in [-0.39, 0.29) is 5.75 Å². The van der Waals surface area contributed by atoms with Gasteiger partial charge in [-0.05, 0) is 42.0 Å². The van der Waals surface area contributed by atoms with Gasteiger partial charge in [0.2, 0.25) is 0 Å². The minimum atomic E-state index is -0.815. The maximum Gasteiger partial charge on any atom is 0.177 e. The van der Waals surface area contributed by atoms with Crippen molar-refractivity contribution in [2.45, 2.75) is 12.6 Å². The number of nitrogens with zero attached hydrogens (tertiary/aromatic N) is 1. The molecule has 1 saturated heterocycles. The lowest BCUT2D eigenvalue weighted by Crippen LogP contribution is -2.53. The summed E-state index contributed by atoms with van der Waals surface area (Å²) < 4.78 is 18.0. The van der Waals surface area contributed by atoms with Crippen LogP contribution in [0.25, 0.3) is 10.8 Å². The minimum Gasteiger partial charge on any atom is -0.508 e. The van der Waals surface area contributed by atoms with Crippen LogP contribution in [0, 0.1) is 0 Å². The average Bonchev–Trinajstić information content (AvgIpc) is 2.77. The number of hydrogen-bond donors (Lipinski definition) is 1. The summed E-state index contributed by atoms with van der Waals surface area (Å²) in [5, 5.41) is 12.0. The predicted molar refractivity (Wildman–Crippen MR) is 113 cm³/mol. The van der Waals surface area contributed by atoms with Gasteiger partial charge < -0.3 is 19.3 Å². The second kappa shape index (κ2) is 8.41. The molecule has 152 valence electrons. The van der Waals surface area contributed by atoms with Crippen LogP contribution in [0.3, 0.4) is 0 Å². The lowest BCUT2D eigenvalue weighted by atomic mass is 9.89. The Morgan fingerprint density at radius 1 is 1.00 bits per heavy atom. The molecular formula is C24H27NO4. The van der Waals surface area contributed by atoms with Crippen LogP contribution in [0.4, 0.5) is 0 Å². The number of rotatable bonds is 6. The van der Waals surface area contributed by atoms with Crippen molar-refractivity contribution < 1.29 is 19.3 Å². The number of aromatic hydroxyl groups is 1. The summed E-state index contributed by atoms with van der Waals surface area (Å²) in [4.78, 5) is 2.32. The maximum atomic E-state index is 10.00. The smallest absolute Gasteiger partial charge is 0.177 e. The number of ether oxygens (including phenoxy) is 3. The van der Waals surface area contributed by atoms with E-state index in [0.717, 1.165) is 40.7 Å². The summed E-state index contributed by atoms with van der Waals surface area (Å²) >= 11 is 0. The largest absolute Gasteiger partial charge is 0.508 e. The highest BCUT2D eigenvalue weighted by Gasteiger charge is 2.44. The van der Waals surface area contributed by atoms with Gasteiger partial charge >= 0.3 is 0 Å². The van der Waals surface area contributed by atoms with Crippen molar-refractivity contribution in [1.29, 1.82) is 0 Å². The normalized spacial score (nSPS) is 17.2. The van der Waals surface area contributed by atoms with Gasteiger partial charge in [-0.25, -0.2) is 0 Å². The second-order valence-electron chi connectivity index (χ2n) is 7.12. The number of fused-ring (bicyclic) bond motifs is 1. The topological polar surface area (TPSA) is 51.2 Å². The standard InChI is InChI=1S/C24H27NO4/c1-3-29-24(25-12-14-28-15-13-25,22-6-4-5-7-23(22)27-2)20-10-8-18-9-11-21(26)17-19(18)16-20/h4-11,16-17,26H,3,12-15H2,1-2H3. The van der Waals surface area contributed by atoms with Crippen LogP contribution in [0.15, 0.2) is 60.7 Å². The van der Waals surface area contributed by atoms with Crippen LogP contribution in [0.1, 0.15) is 18.1 Å². The second-order valence-corrected chi connectivity index (χ2v) is 7.12. The number of benzene rings is 3. The van der Waals surface area contributed by atoms with Crippen molar-refractivity contribution in [2.24, 2.45) is 0 Å². The molecule has 0 amide bonds. The third kappa shape index (κ3) is 3.57. The van der Waals surface area contributed by atoms with E-state index in [9.17, 15) is 5.11 Å². The van der Waals surface area contributed by atoms with E-state index in [1.54, 1.807) is 19.2 Å². The van der Waals surface area contributed by atoms with Crippen molar-refractivity contribution in [2.75, 3.05) is 40.0 Å². The number of morpholine rings is 1. The summed E-state index contributed by atoms with van der Waals surface area (Å²) in [6, 6.07) is 19.7. The van der Waals surface area contributed by atoms with Gasteiger partial charge in [0.25, 0.3) is 0 Å². The first kappa shape index (κ1) is 19.7. The Morgan fingerprint density at radius 3 is 2.52 bits per heavy atom. The first-order valence-electron chi connectivity index (χ1n) is 10.0. The Kier molecular flexibility index (Phi) is 5.72. The highest BCUT2D eigenvalue weighted by molar-refractivity contribution is 5.84. The number of phenolic OH excluding ortho intramolecular Hbond substituents is 1. The van der Waals surface area contributed by atoms with Gasteiger partial charge in [-0.2, -0.15) is 0 Å². The predicted octanol–water partition coefficient (Wildman–Crippen LogP) is 4.12. The summed E-state index contributed by atoms with van der Waals surface area (Å²) in [5.74, 6) is 1.03. The van der Waals surface area contributed by atoms with Crippen molar-refractivity contribution in [3.8, 4) is 11.5 Å². The minimum absolute atomic E-state index is 0.250. The van der Waals surface area contributed by atoms with Gasteiger partial charge in [0, 0.05) is 30.8 Å². The zero-order valence-corrected chi connectivity index (χ0v) is 16.9. The molecular weight excluding hydrogens is 366 g/mol. The number of para-hydroxylation sites is 1. The average molecular weight is 393 g/mol. The molecule has 5 nitrogen and oxygen atoms in total. The molecule has 1 N–H and O–H groups in total. The molecule has 1 aliphatic heterocycles. The molecule has 3 aromatic carbocycles. The molecule has 1 aliphatic rings. The van der Waals surface area contributed by atoms with E-state index < -0.39 is 5.72 Å². The molecule has 4 rings (SSSR count). The molecule has 0 radical (unpaired) electrons.